The fourth-order valence-corrected chi connectivity index (χ4v) is 1.99. The van der Waals surface area contributed by atoms with Crippen LogP contribution in [0.3, 0.4) is 0 Å². The molecular weight excluding hydrogens is 254 g/mol. The first-order chi connectivity index (χ1) is 9.42. The van der Waals surface area contributed by atoms with Crippen molar-refractivity contribution in [1.82, 2.24) is 5.32 Å². The van der Waals surface area contributed by atoms with Crippen LogP contribution < -0.4 is 10.1 Å². The van der Waals surface area contributed by atoms with Crippen molar-refractivity contribution in [3.05, 3.63) is 29.8 Å². The Labute approximate surface area is 121 Å². The number of nitrogens with one attached hydrogen (secondary N) is 1. The van der Waals surface area contributed by atoms with Crippen molar-refractivity contribution < 1.29 is 14.3 Å². The molecule has 0 bridgehead atoms. The highest BCUT2D eigenvalue weighted by Crippen LogP contribution is 2.21. The predicted molar refractivity (Wildman–Crippen MR) is 80.1 cm³/mol. The lowest BCUT2D eigenvalue weighted by Crippen LogP contribution is -2.54. The van der Waals surface area contributed by atoms with Gasteiger partial charge in [-0.15, -0.1) is 0 Å². The molecule has 0 heterocycles. The minimum atomic E-state index is -0.836. The lowest BCUT2D eigenvalue weighted by atomic mass is 10.0. The van der Waals surface area contributed by atoms with Crippen molar-refractivity contribution in [2.45, 2.75) is 39.2 Å². The van der Waals surface area contributed by atoms with E-state index in [1.807, 2.05) is 25.1 Å². The zero-order chi connectivity index (χ0) is 15.2. The Morgan fingerprint density at radius 2 is 2.10 bits per heavy atom. The van der Waals surface area contributed by atoms with Gasteiger partial charge in [-0.25, -0.2) is 4.79 Å². The average molecular weight is 279 g/mol. The fourth-order valence-electron chi connectivity index (χ4n) is 1.99. The molecule has 1 aromatic rings. The number of carbonyl (C=O) groups excluding carboxylic acids is 1. The summed E-state index contributed by atoms with van der Waals surface area (Å²) in [5.74, 6) is 0.892. The number of hydrogen-bond acceptors (Lipinski definition) is 4. The second kappa shape index (κ2) is 7.29. The summed E-state index contributed by atoms with van der Waals surface area (Å²) in [5.41, 5.74) is 0.378. The molecule has 0 aliphatic rings. The molecule has 0 saturated carbocycles. The molecule has 20 heavy (non-hydrogen) atoms. The number of methoxy groups -OCH3 is 1. The van der Waals surface area contributed by atoms with Crippen LogP contribution in [0.4, 0.5) is 0 Å². The molecule has 1 atom stereocenters. The van der Waals surface area contributed by atoms with Crippen molar-refractivity contribution >= 4 is 5.97 Å². The number of hydrogen-bond donors (Lipinski definition) is 1. The molecule has 0 saturated heterocycles. The van der Waals surface area contributed by atoms with E-state index in [-0.39, 0.29) is 12.6 Å². The fraction of sp³-hybridized carbons (Fsp3) is 0.562. The molecule has 0 aromatic heterocycles. The highest BCUT2D eigenvalue weighted by atomic mass is 16.5. The molecule has 1 aromatic carbocycles. The van der Waals surface area contributed by atoms with E-state index in [0.717, 1.165) is 5.75 Å². The largest absolute Gasteiger partial charge is 0.491 e. The van der Waals surface area contributed by atoms with Gasteiger partial charge in [-0.3, -0.25) is 5.32 Å². The number of likely N-dealkylation sites (N-methyl/N-ethyl adjacent to an activating group) is 1. The van der Waals surface area contributed by atoms with Gasteiger partial charge in [0.25, 0.3) is 0 Å². The maximum absolute atomic E-state index is 11.9. The highest BCUT2D eigenvalue weighted by Gasteiger charge is 2.34. The van der Waals surface area contributed by atoms with Crippen LogP contribution in [0, 0.1) is 0 Å². The Kier molecular flexibility index (Phi) is 6.02. The van der Waals surface area contributed by atoms with Crippen molar-refractivity contribution in [3.8, 4) is 5.75 Å². The third-order valence-electron chi connectivity index (χ3n) is 3.26. The summed E-state index contributed by atoms with van der Waals surface area (Å²) in [6, 6.07) is 7.94. The zero-order valence-electron chi connectivity index (χ0n) is 13.0. The molecule has 1 unspecified atom stereocenters. The smallest absolute Gasteiger partial charge is 0.329 e. The van der Waals surface area contributed by atoms with E-state index in [9.17, 15) is 4.79 Å². The molecule has 1 N–H and O–H groups in total. The molecule has 0 amide bonds. The Morgan fingerprint density at radius 1 is 1.40 bits per heavy atom. The monoisotopic (exact) mass is 279 g/mol. The Bertz CT molecular complexity index is 445. The summed E-state index contributed by atoms with van der Waals surface area (Å²) in [4.78, 5) is 11.9. The highest BCUT2D eigenvalue weighted by molar-refractivity contribution is 5.80. The Morgan fingerprint density at radius 3 is 2.65 bits per heavy atom. The summed E-state index contributed by atoms with van der Waals surface area (Å²) < 4.78 is 10.6. The number of rotatable bonds is 7. The van der Waals surface area contributed by atoms with Gasteiger partial charge in [0, 0.05) is 0 Å². The van der Waals surface area contributed by atoms with Gasteiger partial charge >= 0.3 is 5.97 Å². The van der Waals surface area contributed by atoms with E-state index in [1.165, 1.54) is 12.7 Å². The lowest BCUT2D eigenvalue weighted by Gasteiger charge is -2.27. The molecule has 4 nitrogen and oxygen atoms in total. The summed E-state index contributed by atoms with van der Waals surface area (Å²) in [6.45, 7) is 8.90. The lowest BCUT2D eigenvalue weighted by molar-refractivity contribution is -0.149. The third-order valence-corrected chi connectivity index (χ3v) is 3.26. The van der Waals surface area contributed by atoms with Crippen LogP contribution in [0.15, 0.2) is 24.3 Å². The topological polar surface area (TPSA) is 47.6 Å². The van der Waals surface area contributed by atoms with Gasteiger partial charge < -0.3 is 9.47 Å². The molecule has 0 radical (unpaired) electrons. The summed E-state index contributed by atoms with van der Waals surface area (Å²) >= 11 is 0. The van der Waals surface area contributed by atoms with Gasteiger partial charge in [-0.2, -0.15) is 0 Å². The van der Waals surface area contributed by atoms with Gasteiger partial charge in [0.1, 0.15) is 17.9 Å². The summed E-state index contributed by atoms with van der Waals surface area (Å²) in [5, 5.41) is 3.12. The van der Waals surface area contributed by atoms with Crippen molar-refractivity contribution in [3.63, 3.8) is 0 Å². The Balaban J connectivity index is 2.77. The zero-order valence-corrected chi connectivity index (χ0v) is 13.0. The maximum atomic E-state index is 11.9. The molecule has 1 rings (SSSR count). The van der Waals surface area contributed by atoms with Crippen LogP contribution in [0.1, 0.15) is 39.2 Å². The first-order valence-electron chi connectivity index (χ1n) is 6.99. The maximum Gasteiger partial charge on any atom is 0.329 e. The van der Waals surface area contributed by atoms with E-state index < -0.39 is 5.54 Å². The van der Waals surface area contributed by atoms with Crippen LogP contribution in [-0.2, 0) is 9.53 Å². The summed E-state index contributed by atoms with van der Waals surface area (Å²) in [7, 11) is 1.39. The number of ether oxygens (including phenoxy) is 2. The van der Waals surface area contributed by atoms with E-state index in [1.54, 1.807) is 6.92 Å². The standard InChI is InChI=1S/C16H25NO3/c1-6-17-16(4,15(18)19-5)11-20-14-9-7-8-13(10-14)12(2)3/h7-10,12,17H,6,11H2,1-5H3. The Hall–Kier alpha value is -1.55. The molecule has 0 aliphatic heterocycles. The first kappa shape index (κ1) is 16.5. The van der Waals surface area contributed by atoms with Crippen LogP contribution in [0.2, 0.25) is 0 Å². The molecule has 0 fully saturated rings. The minimum absolute atomic E-state index is 0.231. The van der Waals surface area contributed by atoms with E-state index in [0.29, 0.717) is 12.5 Å². The first-order valence-corrected chi connectivity index (χ1v) is 6.99. The van der Waals surface area contributed by atoms with Crippen molar-refractivity contribution in [2.75, 3.05) is 20.3 Å². The molecule has 112 valence electrons. The van der Waals surface area contributed by atoms with Crippen molar-refractivity contribution in [2.24, 2.45) is 0 Å². The molecule has 0 aliphatic carbocycles. The van der Waals surface area contributed by atoms with Crippen LogP contribution in [0.25, 0.3) is 0 Å². The van der Waals surface area contributed by atoms with Gasteiger partial charge in [0.15, 0.2) is 0 Å². The van der Waals surface area contributed by atoms with Gasteiger partial charge in [-0.05, 0) is 37.1 Å². The third kappa shape index (κ3) is 4.23. The second-order valence-electron chi connectivity index (χ2n) is 5.37. The van der Waals surface area contributed by atoms with Gasteiger partial charge in [-0.1, -0.05) is 32.9 Å². The van der Waals surface area contributed by atoms with Crippen LogP contribution >= 0.6 is 0 Å². The number of carbonyl (C=O) groups is 1. The van der Waals surface area contributed by atoms with Gasteiger partial charge in [0.2, 0.25) is 0 Å². The number of esters is 1. The normalized spacial score (nSPS) is 13.9. The second-order valence-corrected chi connectivity index (χ2v) is 5.37. The van der Waals surface area contributed by atoms with Crippen LogP contribution in [0.5, 0.6) is 5.75 Å². The molecule has 4 heteroatoms. The molecule has 0 spiro atoms. The minimum Gasteiger partial charge on any atom is -0.491 e. The van der Waals surface area contributed by atoms with E-state index in [2.05, 4.69) is 25.2 Å². The summed E-state index contributed by atoms with van der Waals surface area (Å²) in [6.07, 6.45) is 0. The van der Waals surface area contributed by atoms with E-state index in [4.69, 9.17) is 9.47 Å². The SMILES string of the molecule is CCNC(C)(COc1cccc(C(C)C)c1)C(=O)OC. The van der Waals surface area contributed by atoms with E-state index >= 15 is 0 Å². The van der Waals surface area contributed by atoms with Crippen molar-refractivity contribution in [1.29, 1.82) is 0 Å². The molecular formula is C16H25NO3. The predicted octanol–water partition coefficient (Wildman–Crippen LogP) is 2.73. The quantitative estimate of drug-likeness (QED) is 0.780. The average Bonchev–Trinajstić information content (AvgIpc) is 2.45. The number of benzene rings is 1. The van der Waals surface area contributed by atoms with Crippen LogP contribution in [-0.4, -0.2) is 31.8 Å². The van der Waals surface area contributed by atoms with Gasteiger partial charge in [0.05, 0.1) is 7.11 Å².